The second-order valence-electron chi connectivity index (χ2n) is 3.53. The lowest BCUT2D eigenvalue weighted by Crippen LogP contribution is -2.24. The normalized spacial score (nSPS) is 11.2. The number of sulfonamides is 1. The van der Waals surface area contributed by atoms with Gasteiger partial charge in [0.15, 0.2) is 0 Å². The first-order chi connectivity index (χ1) is 9.12. The van der Waals surface area contributed by atoms with Gasteiger partial charge in [-0.1, -0.05) is 0 Å². The van der Waals surface area contributed by atoms with Gasteiger partial charge >= 0.3 is 0 Å². The molecule has 2 rings (SSSR count). The molecule has 0 aliphatic heterocycles. The van der Waals surface area contributed by atoms with Gasteiger partial charge in [0, 0.05) is 13.2 Å². The lowest BCUT2D eigenvalue weighted by molar-refractivity contribution is 0.579. The lowest BCUT2D eigenvalue weighted by Gasteiger charge is -2.05. The maximum Gasteiger partial charge on any atom is 0.244 e. The van der Waals surface area contributed by atoms with E-state index in [0.29, 0.717) is 11.6 Å². The van der Waals surface area contributed by atoms with Crippen LogP contribution >= 0.6 is 0 Å². The fourth-order valence-corrected chi connectivity index (χ4v) is 2.15. The van der Waals surface area contributed by atoms with E-state index < -0.39 is 10.0 Å². The molecule has 19 heavy (non-hydrogen) atoms. The van der Waals surface area contributed by atoms with Crippen LogP contribution in [0.15, 0.2) is 35.6 Å². The molecule has 0 aromatic carbocycles. The predicted molar refractivity (Wildman–Crippen MR) is 67.6 cm³/mol. The van der Waals surface area contributed by atoms with E-state index in [2.05, 4.69) is 30.2 Å². The van der Waals surface area contributed by atoms with Crippen LogP contribution in [0, 0.1) is 0 Å². The predicted octanol–water partition coefficient (Wildman–Crippen LogP) is -0.213. The largest absolute Gasteiger partial charge is 0.357 e. The van der Waals surface area contributed by atoms with Gasteiger partial charge in [0.2, 0.25) is 16.0 Å². The average molecular weight is 280 g/mol. The molecule has 0 saturated heterocycles. The Morgan fingerprint density at radius 2 is 2.00 bits per heavy atom. The third-order valence-electron chi connectivity index (χ3n) is 2.23. The maximum atomic E-state index is 11.9. The van der Waals surface area contributed by atoms with Gasteiger partial charge in [0.05, 0.1) is 24.6 Å². The molecule has 0 spiro atoms. The number of anilines is 1. The number of aromatic nitrogens is 4. The van der Waals surface area contributed by atoms with Gasteiger partial charge in [-0.25, -0.2) is 23.1 Å². The summed E-state index contributed by atoms with van der Waals surface area (Å²) in [4.78, 5) is 7.69. The molecule has 2 N–H and O–H groups in total. The summed E-state index contributed by atoms with van der Waals surface area (Å²) in [5, 5.41) is 10.2. The van der Waals surface area contributed by atoms with Crippen LogP contribution in [-0.4, -0.2) is 35.6 Å². The molecular formula is C10H12N6O2S. The van der Waals surface area contributed by atoms with Crippen molar-refractivity contribution < 1.29 is 8.42 Å². The van der Waals surface area contributed by atoms with Gasteiger partial charge in [0.1, 0.15) is 4.90 Å². The maximum absolute atomic E-state index is 11.9. The Kier molecular flexibility index (Phi) is 3.97. The third-order valence-corrected chi connectivity index (χ3v) is 3.59. The SMILES string of the molecule is CNc1ncc(S(=O)(=O)NCc2cccnn2)cn1. The van der Waals surface area contributed by atoms with E-state index in [1.165, 1.54) is 18.6 Å². The molecule has 0 unspecified atom stereocenters. The van der Waals surface area contributed by atoms with Gasteiger partial charge in [-0.3, -0.25) is 0 Å². The fraction of sp³-hybridized carbons (Fsp3) is 0.200. The summed E-state index contributed by atoms with van der Waals surface area (Å²) in [6.07, 6.45) is 3.98. The minimum atomic E-state index is -3.65. The molecule has 0 amide bonds. The Labute approximate surface area is 110 Å². The molecule has 0 radical (unpaired) electrons. The van der Waals surface area contributed by atoms with Crippen molar-refractivity contribution in [2.24, 2.45) is 0 Å². The average Bonchev–Trinajstić information content (AvgIpc) is 2.46. The van der Waals surface area contributed by atoms with E-state index in [-0.39, 0.29) is 11.4 Å². The monoisotopic (exact) mass is 280 g/mol. The highest BCUT2D eigenvalue weighted by Gasteiger charge is 2.15. The van der Waals surface area contributed by atoms with Gasteiger partial charge < -0.3 is 5.32 Å². The molecule has 100 valence electrons. The summed E-state index contributed by atoms with van der Waals surface area (Å²) in [5.74, 6) is 0.355. The number of nitrogens with zero attached hydrogens (tertiary/aromatic N) is 4. The van der Waals surface area contributed by atoms with Crippen LogP contribution in [-0.2, 0) is 16.6 Å². The van der Waals surface area contributed by atoms with Gasteiger partial charge in [-0.15, -0.1) is 0 Å². The van der Waals surface area contributed by atoms with Crippen molar-refractivity contribution in [3.8, 4) is 0 Å². The van der Waals surface area contributed by atoms with E-state index in [1.54, 1.807) is 19.2 Å². The molecule has 0 atom stereocenters. The second kappa shape index (κ2) is 5.67. The molecule has 2 aromatic heterocycles. The molecule has 9 heteroatoms. The smallest absolute Gasteiger partial charge is 0.244 e. The van der Waals surface area contributed by atoms with E-state index in [0.717, 1.165) is 0 Å². The molecule has 0 saturated carbocycles. The summed E-state index contributed by atoms with van der Waals surface area (Å²) in [6.45, 7) is 0.0595. The van der Waals surface area contributed by atoms with Crippen molar-refractivity contribution in [1.82, 2.24) is 24.9 Å². The number of hydrogen-bond acceptors (Lipinski definition) is 7. The van der Waals surface area contributed by atoms with Gasteiger partial charge in [-0.05, 0) is 12.1 Å². The van der Waals surface area contributed by atoms with Gasteiger partial charge in [0.25, 0.3) is 0 Å². The van der Waals surface area contributed by atoms with Crippen molar-refractivity contribution in [2.45, 2.75) is 11.4 Å². The van der Waals surface area contributed by atoms with Crippen LogP contribution in [0.1, 0.15) is 5.69 Å². The summed E-state index contributed by atoms with van der Waals surface area (Å²) < 4.78 is 26.3. The first-order valence-electron chi connectivity index (χ1n) is 5.38. The minimum absolute atomic E-state index is 0.00427. The Morgan fingerprint density at radius 1 is 1.26 bits per heavy atom. The summed E-state index contributed by atoms with van der Waals surface area (Å²) in [7, 11) is -2.01. The molecule has 0 aliphatic carbocycles. The van der Waals surface area contributed by atoms with Crippen molar-refractivity contribution in [1.29, 1.82) is 0 Å². The molecule has 2 aromatic rings. The summed E-state index contributed by atoms with van der Waals surface area (Å²) >= 11 is 0. The van der Waals surface area contributed by atoms with Crippen LogP contribution in [0.25, 0.3) is 0 Å². The van der Waals surface area contributed by atoms with E-state index >= 15 is 0 Å². The van der Waals surface area contributed by atoms with Crippen molar-refractivity contribution >= 4 is 16.0 Å². The number of rotatable bonds is 5. The second-order valence-corrected chi connectivity index (χ2v) is 5.30. The first-order valence-corrected chi connectivity index (χ1v) is 6.86. The van der Waals surface area contributed by atoms with Crippen molar-refractivity contribution in [2.75, 3.05) is 12.4 Å². The Hall–Kier alpha value is -2.13. The van der Waals surface area contributed by atoms with Crippen LogP contribution in [0.5, 0.6) is 0 Å². The quantitative estimate of drug-likeness (QED) is 0.779. The van der Waals surface area contributed by atoms with Crippen LogP contribution in [0.4, 0.5) is 5.95 Å². The van der Waals surface area contributed by atoms with Crippen molar-refractivity contribution in [3.63, 3.8) is 0 Å². The van der Waals surface area contributed by atoms with E-state index in [9.17, 15) is 8.42 Å². The Balaban J connectivity index is 2.09. The zero-order valence-electron chi connectivity index (χ0n) is 10.1. The standard InChI is InChI=1S/C10H12N6O2S/c1-11-10-12-6-9(7-13-10)19(17,18)15-5-8-3-2-4-14-16-8/h2-4,6-7,15H,5H2,1H3,(H,11,12,13). The molecule has 8 nitrogen and oxygen atoms in total. The molecule has 2 heterocycles. The third kappa shape index (κ3) is 3.42. The van der Waals surface area contributed by atoms with Crippen LogP contribution < -0.4 is 10.0 Å². The zero-order chi connectivity index (χ0) is 13.7. The van der Waals surface area contributed by atoms with Crippen LogP contribution in [0.2, 0.25) is 0 Å². The highest BCUT2D eigenvalue weighted by atomic mass is 32.2. The Morgan fingerprint density at radius 3 is 2.58 bits per heavy atom. The van der Waals surface area contributed by atoms with E-state index in [4.69, 9.17) is 0 Å². The summed E-state index contributed by atoms with van der Waals surface area (Å²) in [6, 6.07) is 3.36. The molecule has 0 bridgehead atoms. The molecule has 0 fully saturated rings. The first kappa shape index (κ1) is 13.3. The number of hydrogen-bond donors (Lipinski definition) is 2. The highest BCUT2D eigenvalue weighted by molar-refractivity contribution is 7.89. The lowest BCUT2D eigenvalue weighted by atomic mass is 10.4. The highest BCUT2D eigenvalue weighted by Crippen LogP contribution is 2.07. The van der Waals surface area contributed by atoms with Gasteiger partial charge in [-0.2, -0.15) is 10.2 Å². The topological polar surface area (TPSA) is 110 Å². The fourth-order valence-electron chi connectivity index (χ4n) is 1.26. The number of nitrogens with one attached hydrogen (secondary N) is 2. The zero-order valence-corrected chi connectivity index (χ0v) is 10.9. The Bertz CT molecular complexity index is 629. The summed E-state index contributed by atoms with van der Waals surface area (Å²) in [5.41, 5.74) is 0.527. The molecule has 0 aliphatic rings. The van der Waals surface area contributed by atoms with E-state index in [1.807, 2.05) is 0 Å². The van der Waals surface area contributed by atoms with Crippen LogP contribution in [0.3, 0.4) is 0 Å². The van der Waals surface area contributed by atoms with Crippen molar-refractivity contribution in [3.05, 3.63) is 36.4 Å². The minimum Gasteiger partial charge on any atom is -0.357 e. The molecular weight excluding hydrogens is 268 g/mol.